The van der Waals surface area contributed by atoms with Crippen LogP contribution in [0.2, 0.25) is 0 Å². The maximum Gasteiger partial charge on any atom is 0.205 e. The van der Waals surface area contributed by atoms with Crippen LogP contribution in [-0.2, 0) is 6.42 Å². The van der Waals surface area contributed by atoms with Crippen LogP contribution in [0.5, 0.6) is 0 Å². The first-order chi connectivity index (χ1) is 9.72. The highest BCUT2D eigenvalue weighted by Gasteiger charge is 2.11. The Labute approximate surface area is 127 Å². The van der Waals surface area contributed by atoms with Crippen LogP contribution in [0.3, 0.4) is 0 Å². The Morgan fingerprint density at radius 1 is 1.35 bits per heavy atom. The zero-order valence-electron chi connectivity index (χ0n) is 11.6. The van der Waals surface area contributed by atoms with Gasteiger partial charge in [0.25, 0.3) is 0 Å². The maximum absolute atomic E-state index is 13.6. The molecule has 20 heavy (non-hydrogen) atoms. The molecule has 0 aliphatic rings. The molecule has 1 aromatic carbocycles. The van der Waals surface area contributed by atoms with E-state index in [1.807, 2.05) is 17.8 Å². The molecule has 0 aliphatic carbocycles. The first-order valence-corrected chi connectivity index (χ1v) is 8.75. The van der Waals surface area contributed by atoms with Gasteiger partial charge in [0.2, 0.25) is 5.13 Å². The molecule has 2 rings (SSSR count). The highest BCUT2D eigenvalue weighted by Crippen LogP contribution is 2.21. The monoisotopic (exact) mass is 311 g/mol. The standard InChI is InChI=1S/C14H18FN3S2/c1-3-11(9-19-2)16-14-18-17-13(20-14)8-10-6-4-5-7-12(10)15/h4-7,11H,3,8-9H2,1-2H3,(H,16,18). The van der Waals surface area contributed by atoms with Gasteiger partial charge in [-0.3, -0.25) is 0 Å². The summed E-state index contributed by atoms with van der Waals surface area (Å²) in [6, 6.07) is 7.19. The fourth-order valence-corrected chi connectivity index (χ4v) is 3.39. The van der Waals surface area contributed by atoms with Crippen molar-refractivity contribution in [1.29, 1.82) is 0 Å². The second-order valence-corrected chi connectivity index (χ2v) is 6.45. The third-order valence-electron chi connectivity index (χ3n) is 2.95. The smallest absolute Gasteiger partial charge is 0.205 e. The van der Waals surface area contributed by atoms with Gasteiger partial charge >= 0.3 is 0 Å². The van der Waals surface area contributed by atoms with E-state index in [2.05, 4.69) is 28.7 Å². The number of aromatic nitrogens is 2. The Bertz CT molecular complexity index is 545. The van der Waals surface area contributed by atoms with Crippen LogP contribution in [-0.4, -0.2) is 28.2 Å². The first kappa shape index (κ1) is 15.3. The maximum atomic E-state index is 13.6. The van der Waals surface area contributed by atoms with Crippen molar-refractivity contribution < 1.29 is 4.39 Å². The Balaban J connectivity index is 2.00. The first-order valence-electron chi connectivity index (χ1n) is 6.54. The molecule has 0 saturated heterocycles. The molecule has 0 amide bonds. The van der Waals surface area contributed by atoms with E-state index in [0.717, 1.165) is 22.3 Å². The lowest BCUT2D eigenvalue weighted by Crippen LogP contribution is -2.20. The van der Waals surface area contributed by atoms with Crippen molar-refractivity contribution in [3.63, 3.8) is 0 Å². The Morgan fingerprint density at radius 3 is 2.85 bits per heavy atom. The molecule has 1 unspecified atom stereocenters. The minimum atomic E-state index is -0.189. The van der Waals surface area contributed by atoms with Crippen LogP contribution in [0.25, 0.3) is 0 Å². The normalized spacial score (nSPS) is 12.3. The summed E-state index contributed by atoms with van der Waals surface area (Å²) in [6.07, 6.45) is 3.63. The van der Waals surface area contributed by atoms with Crippen LogP contribution < -0.4 is 5.32 Å². The van der Waals surface area contributed by atoms with Gasteiger partial charge in [0.05, 0.1) is 0 Å². The summed E-state index contributed by atoms with van der Waals surface area (Å²) in [4.78, 5) is 0. The van der Waals surface area contributed by atoms with Gasteiger partial charge in [-0.1, -0.05) is 36.5 Å². The SMILES string of the molecule is CCC(CSC)Nc1nnc(Cc2ccccc2F)s1. The van der Waals surface area contributed by atoms with Crippen molar-refractivity contribution in [2.24, 2.45) is 0 Å². The lowest BCUT2D eigenvalue weighted by Gasteiger charge is -2.13. The molecule has 6 heteroatoms. The van der Waals surface area contributed by atoms with Crippen molar-refractivity contribution >= 4 is 28.2 Å². The van der Waals surface area contributed by atoms with E-state index in [0.29, 0.717) is 18.0 Å². The van der Waals surface area contributed by atoms with Crippen LogP contribution in [0.1, 0.15) is 23.9 Å². The van der Waals surface area contributed by atoms with Crippen LogP contribution >= 0.6 is 23.1 Å². The highest BCUT2D eigenvalue weighted by molar-refractivity contribution is 7.98. The van der Waals surface area contributed by atoms with E-state index in [4.69, 9.17) is 0 Å². The summed E-state index contributed by atoms with van der Waals surface area (Å²) < 4.78 is 13.6. The number of anilines is 1. The Kier molecular flexibility index (Phi) is 5.79. The summed E-state index contributed by atoms with van der Waals surface area (Å²) in [5.74, 6) is 0.852. The molecule has 0 saturated carbocycles. The number of benzene rings is 1. The lowest BCUT2D eigenvalue weighted by molar-refractivity contribution is 0.613. The number of hydrogen-bond acceptors (Lipinski definition) is 5. The number of thioether (sulfide) groups is 1. The van der Waals surface area contributed by atoms with Crippen molar-refractivity contribution in [1.82, 2.24) is 10.2 Å². The van der Waals surface area contributed by atoms with Gasteiger partial charge in [-0.05, 0) is 24.3 Å². The van der Waals surface area contributed by atoms with Crippen LogP contribution in [0.4, 0.5) is 9.52 Å². The second kappa shape index (κ2) is 7.59. The van der Waals surface area contributed by atoms with Gasteiger partial charge in [-0.15, -0.1) is 10.2 Å². The number of halogens is 1. The van der Waals surface area contributed by atoms with E-state index in [1.54, 1.807) is 12.1 Å². The molecule has 0 aliphatic heterocycles. The molecule has 1 heterocycles. The predicted octanol–water partition coefficient (Wildman–Crippen LogP) is 3.82. The third kappa shape index (κ3) is 4.18. The van der Waals surface area contributed by atoms with Gasteiger partial charge < -0.3 is 5.32 Å². The van der Waals surface area contributed by atoms with Gasteiger partial charge in [-0.2, -0.15) is 11.8 Å². The number of hydrogen-bond donors (Lipinski definition) is 1. The molecular weight excluding hydrogens is 293 g/mol. The second-order valence-electron chi connectivity index (χ2n) is 4.47. The van der Waals surface area contributed by atoms with Crippen molar-refractivity contribution in [2.75, 3.05) is 17.3 Å². The molecular formula is C14H18FN3S2. The number of nitrogens with zero attached hydrogens (tertiary/aromatic N) is 2. The summed E-state index contributed by atoms with van der Waals surface area (Å²) in [5, 5.41) is 13.3. The van der Waals surface area contributed by atoms with Gasteiger partial charge in [0.1, 0.15) is 10.8 Å². The van der Waals surface area contributed by atoms with Gasteiger partial charge in [0, 0.05) is 18.2 Å². The topological polar surface area (TPSA) is 37.8 Å². The molecule has 1 N–H and O–H groups in total. The molecule has 0 radical (unpaired) electrons. The van der Waals surface area contributed by atoms with Crippen molar-refractivity contribution in [2.45, 2.75) is 25.8 Å². The molecule has 0 fully saturated rings. The van der Waals surface area contributed by atoms with Crippen molar-refractivity contribution in [3.8, 4) is 0 Å². The Hall–Kier alpha value is -1.14. The molecule has 3 nitrogen and oxygen atoms in total. The summed E-state index contributed by atoms with van der Waals surface area (Å²) in [6.45, 7) is 2.15. The van der Waals surface area contributed by atoms with E-state index >= 15 is 0 Å². The molecule has 2 aromatic rings. The molecule has 0 bridgehead atoms. The van der Waals surface area contributed by atoms with Gasteiger partial charge in [0.15, 0.2) is 0 Å². The van der Waals surface area contributed by atoms with E-state index < -0.39 is 0 Å². The quantitative estimate of drug-likeness (QED) is 0.843. The fourth-order valence-electron chi connectivity index (χ4n) is 1.83. The number of rotatable bonds is 7. The molecule has 108 valence electrons. The van der Waals surface area contributed by atoms with Crippen molar-refractivity contribution in [3.05, 3.63) is 40.7 Å². The summed E-state index contributed by atoms with van der Waals surface area (Å²) >= 11 is 3.31. The highest BCUT2D eigenvalue weighted by atomic mass is 32.2. The van der Waals surface area contributed by atoms with Crippen LogP contribution in [0, 0.1) is 5.82 Å². The average Bonchev–Trinajstić information content (AvgIpc) is 2.88. The van der Waals surface area contributed by atoms with Crippen LogP contribution in [0.15, 0.2) is 24.3 Å². The van der Waals surface area contributed by atoms with E-state index in [9.17, 15) is 4.39 Å². The van der Waals surface area contributed by atoms with E-state index in [-0.39, 0.29) is 5.82 Å². The zero-order valence-corrected chi connectivity index (χ0v) is 13.2. The summed E-state index contributed by atoms with van der Waals surface area (Å²) in [7, 11) is 0. The Morgan fingerprint density at radius 2 is 2.15 bits per heavy atom. The van der Waals surface area contributed by atoms with Gasteiger partial charge in [-0.25, -0.2) is 4.39 Å². The minimum Gasteiger partial charge on any atom is -0.357 e. The predicted molar refractivity (Wildman–Crippen MR) is 85.2 cm³/mol. The number of nitrogens with one attached hydrogen (secondary N) is 1. The fraction of sp³-hybridized carbons (Fsp3) is 0.429. The van der Waals surface area contributed by atoms with E-state index in [1.165, 1.54) is 17.4 Å². The minimum absolute atomic E-state index is 0.189. The molecule has 1 aromatic heterocycles. The lowest BCUT2D eigenvalue weighted by atomic mass is 10.1. The molecule has 1 atom stereocenters. The zero-order chi connectivity index (χ0) is 14.4. The molecule has 0 spiro atoms. The largest absolute Gasteiger partial charge is 0.357 e. The summed E-state index contributed by atoms with van der Waals surface area (Å²) in [5.41, 5.74) is 0.659. The average molecular weight is 311 g/mol. The third-order valence-corrected chi connectivity index (χ3v) is 4.54.